The molecule has 1 unspecified atom stereocenters. The van der Waals surface area contributed by atoms with Gasteiger partial charge in [0, 0.05) is 36.3 Å². The Morgan fingerprint density at radius 2 is 1.94 bits per heavy atom. The Kier molecular flexibility index (Phi) is 4.65. The number of halogens is 1. The highest BCUT2D eigenvalue weighted by Gasteiger charge is 2.17. The van der Waals surface area contributed by atoms with Crippen LogP contribution in [0.4, 0.5) is 5.69 Å². The summed E-state index contributed by atoms with van der Waals surface area (Å²) in [5, 5.41) is 9.62. The fraction of sp³-hybridized carbons (Fsp3) is 0.571. The summed E-state index contributed by atoms with van der Waals surface area (Å²) in [6.07, 6.45) is -0.426. The van der Waals surface area contributed by atoms with Crippen LogP contribution in [0.25, 0.3) is 0 Å². The third-order valence-corrected chi connectivity index (χ3v) is 4.31. The quantitative estimate of drug-likeness (QED) is 0.929. The maximum atomic E-state index is 9.62. The smallest absolute Gasteiger partial charge is 0.0772 e. The lowest BCUT2D eigenvalue weighted by Gasteiger charge is -2.35. The average molecular weight is 313 g/mol. The van der Waals surface area contributed by atoms with Crippen molar-refractivity contribution in [2.75, 3.05) is 37.6 Å². The van der Waals surface area contributed by atoms with Crippen molar-refractivity contribution in [1.29, 1.82) is 0 Å². The molecular formula is C14H21BrN2O. The van der Waals surface area contributed by atoms with Crippen LogP contribution in [0.5, 0.6) is 0 Å². The van der Waals surface area contributed by atoms with Crippen LogP contribution >= 0.6 is 15.9 Å². The van der Waals surface area contributed by atoms with E-state index in [1.54, 1.807) is 6.92 Å². The molecule has 0 aliphatic carbocycles. The van der Waals surface area contributed by atoms with Gasteiger partial charge in [0.05, 0.1) is 6.10 Å². The molecule has 2 rings (SSSR count). The molecule has 0 amide bonds. The number of anilines is 1. The van der Waals surface area contributed by atoms with Crippen LogP contribution in [0.2, 0.25) is 0 Å². The second kappa shape index (κ2) is 6.04. The third kappa shape index (κ3) is 3.05. The second-order valence-electron chi connectivity index (χ2n) is 4.80. The van der Waals surface area contributed by atoms with Gasteiger partial charge in [0.25, 0.3) is 0 Å². The van der Waals surface area contributed by atoms with Crippen molar-refractivity contribution in [3.8, 4) is 0 Å². The Labute approximate surface area is 118 Å². The summed E-state index contributed by atoms with van der Waals surface area (Å²) in [5.41, 5.74) is 2.19. The number of nitrogens with zero attached hydrogens (tertiary/aromatic N) is 2. The van der Waals surface area contributed by atoms with E-state index in [2.05, 4.69) is 44.8 Å². The predicted octanol–water partition coefficient (Wildman–Crippen LogP) is 2.64. The molecule has 0 spiro atoms. The van der Waals surface area contributed by atoms with Crippen LogP contribution in [0.1, 0.15) is 25.5 Å². The maximum absolute atomic E-state index is 9.62. The third-order valence-electron chi connectivity index (χ3n) is 3.62. The highest BCUT2D eigenvalue weighted by molar-refractivity contribution is 9.10. The number of aliphatic hydroxyl groups is 1. The molecule has 1 aromatic carbocycles. The highest BCUT2D eigenvalue weighted by atomic mass is 79.9. The average Bonchev–Trinajstić information content (AvgIpc) is 2.38. The topological polar surface area (TPSA) is 26.7 Å². The van der Waals surface area contributed by atoms with Crippen molar-refractivity contribution in [3.63, 3.8) is 0 Å². The van der Waals surface area contributed by atoms with E-state index in [4.69, 9.17) is 0 Å². The van der Waals surface area contributed by atoms with Gasteiger partial charge in [-0.05, 0) is 31.2 Å². The zero-order chi connectivity index (χ0) is 13.1. The SMILES string of the molecule is CCN1CCN(c2ccc(C(C)O)c(Br)c2)CC1. The maximum Gasteiger partial charge on any atom is 0.0772 e. The summed E-state index contributed by atoms with van der Waals surface area (Å²) < 4.78 is 0.993. The lowest BCUT2D eigenvalue weighted by Crippen LogP contribution is -2.46. The first kappa shape index (κ1) is 13.8. The van der Waals surface area contributed by atoms with Gasteiger partial charge in [-0.1, -0.05) is 28.9 Å². The van der Waals surface area contributed by atoms with Crippen molar-refractivity contribution in [1.82, 2.24) is 4.90 Å². The van der Waals surface area contributed by atoms with Crippen molar-refractivity contribution in [3.05, 3.63) is 28.2 Å². The van der Waals surface area contributed by atoms with E-state index in [0.717, 1.165) is 42.8 Å². The van der Waals surface area contributed by atoms with E-state index in [9.17, 15) is 5.11 Å². The molecule has 1 aliphatic rings. The van der Waals surface area contributed by atoms with Gasteiger partial charge >= 0.3 is 0 Å². The van der Waals surface area contributed by atoms with Crippen LogP contribution in [0.3, 0.4) is 0 Å². The number of hydrogen-bond donors (Lipinski definition) is 1. The molecule has 0 radical (unpaired) electrons. The minimum absolute atomic E-state index is 0.426. The van der Waals surface area contributed by atoms with E-state index in [1.165, 1.54) is 5.69 Å². The summed E-state index contributed by atoms with van der Waals surface area (Å²) in [4.78, 5) is 4.87. The normalized spacial score (nSPS) is 19.0. The van der Waals surface area contributed by atoms with Crippen LogP contribution in [-0.2, 0) is 0 Å². The molecule has 100 valence electrons. The number of piperazine rings is 1. The summed E-state index contributed by atoms with van der Waals surface area (Å²) in [6.45, 7) is 9.56. The monoisotopic (exact) mass is 312 g/mol. The van der Waals surface area contributed by atoms with Gasteiger partial charge in [-0.3, -0.25) is 0 Å². The van der Waals surface area contributed by atoms with Gasteiger partial charge in [-0.15, -0.1) is 0 Å². The fourth-order valence-electron chi connectivity index (χ4n) is 2.37. The minimum atomic E-state index is -0.426. The number of aliphatic hydroxyl groups excluding tert-OH is 1. The van der Waals surface area contributed by atoms with Crippen molar-refractivity contribution in [2.45, 2.75) is 20.0 Å². The van der Waals surface area contributed by atoms with Gasteiger partial charge < -0.3 is 14.9 Å². The van der Waals surface area contributed by atoms with E-state index < -0.39 is 6.10 Å². The molecular weight excluding hydrogens is 292 g/mol. The van der Waals surface area contributed by atoms with Crippen LogP contribution in [0.15, 0.2) is 22.7 Å². The van der Waals surface area contributed by atoms with E-state index >= 15 is 0 Å². The number of hydrogen-bond acceptors (Lipinski definition) is 3. The molecule has 4 heteroatoms. The Balaban J connectivity index is 2.08. The molecule has 0 saturated carbocycles. The van der Waals surface area contributed by atoms with Gasteiger partial charge in [0.1, 0.15) is 0 Å². The van der Waals surface area contributed by atoms with Crippen LogP contribution in [0, 0.1) is 0 Å². The lowest BCUT2D eigenvalue weighted by molar-refractivity contribution is 0.198. The van der Waals surface area contributed by atoms with Crippen LogP contribution < -0.4 is 4.90 Å². The first-order valence-corrected chi connectivity index (χ1v) is 7.36. The molecule has 18 heavy (non-hydrogen) atoms. The molecule has 1 heterocycles. The number of likely N-dealkylation sites (N-methyl/N-ethyl adjacent to an activating group) is 1. The predicted molar refractivity (Wildman–Crippen MR) is 79.1 cm³/mol. The standard InChI is InChI=1S/C14H21BrN2O/c1-3-16-6-8-17(9-7-16)12-4-5-13(11(2)18)14(15)10-12/h4-5,10-11,18H,3,6-9H2,1-2H3. The number of benzene rings is 1. The first-order valence-electron chi connectivity index (χ1n) is 6.56. The van der Waals surface area contributed by atoms with Gasteiger partial charge in [-0.25, -0.2) is 0 Å². The van der Waals surface area contributed by atoms with Gasteiger partial charge in [0.15, 0.2) is 0 Å². The van der Waals surface area contributed by atoms with Gasteiger partial charge in [0.2, 0.25) is 0 Å². The summed E-state index contributed by atoms with van der Waals surface area (Å²) in [7, 11) is 0. The molecule has 1 saturated heterocycles. The Morgan fingerprint density at radius 3 is 2.44 bits per heavy atom. The summed E-state index contributed by atoms with van der Waals surface area (Å²) in [5.74, 6) is 0. The van der Waals surface area contributed by atoms with E-state index in [1.807, 2.05) is 6.07 Å². The largest absolute Gasteiger partial charge is 0.389 e. The second-order valence-corrected chi connectivity index (χ2v) is 5.66. The zero-order valence-corrected chi connectivity index (χ0v) is 12.7. The Bertz CT molecular complexity index is 401. The molecule has 1 N–H and O–H groups in total. The molecule has 1 fully saturated rings. The van der Waals surface area contributed by atoms with E-state index in [-0.39, 0.29) is 0 Å². The zero-order valence-electron chi connectivity index (χ0n) is 11.1. The number of rotatable bonds is 3. The van der Waals surface area contributed by atoms with Gasteiger partial charge in [-0.2, -0.15) is 0 Å². The van der Waals surface area contributed by atoms with E-state index in [0.29, 0.717) is 0 Å². The van der Waals surface area contributed by atoms with Crippen molar-refractivity contribution < 1.29 is 5.11 Å². The molecule has 1 aromatic rings. The van der Waals surface area contributed by atoms with Crippen LogP contribution in [-0.4, -0.2) is 42.7 Å². The highest BCUT2D eigenvalue weighted by Crippen LogP contribution is 2.28. The molecule has 1 atom stereocenters. The van der Waals surface area contributed by atoms with Crippen molar-refractivity contribution in [2.24, 2.45) is 0 Å². The lowest BCUT2D eigenvalue weighted by atomic mass is 10.1. The van der Waals surface area contributed by atoms with Crippen molar-refractivity contribution >= 4 is 21.6 Å². The summed E-state index contributed by atoms with van der Waals surface area (Å²) in [6, 6.07) is 6.23. The molecule has 3 nitrogen and oxygen atoms in total. The Hall–Kier alpha value is -0.580. The first-order chi connectivity index (χ1) is 8.61. The summed E-state index contributed by atoms with van der Waals surface area (Å²) >= 11 is 3.54. The Morgan fingerprint density at radius 1 is 1.28 bits per heavy atom. The minimum Gasteiger partial charge on any atom is -0.389 e. The molecule has 0 aromatic heterocycles. The molecule has 1 aliphatic heterocycles. The molecule has 0 bridgehead atoms. The fourth-order valence-corrected chi connectivity index (χ4v) is 3.07.